The number of halogens is 1. The lowest BCUT2D eigenvalue weighted by atomic mass is 9.90. The van der Waals surface area contributed by atoms with E-state index in [0.29, 0.717) is 37.6 Å². The Labute approximate surface area is 152 Å². The maximum Gasteiger partial charge on any atom is 0.239 e. The van der Waals surface area contributed by atoms with Crippen LogP contribution in [0.25, 0.3) is 0 Å². The third-order valence-corrected chi connectivity index (χ3v) is 5.07. The lowest BCUT2D eigenvalue weighted by Gasteiger charge is -2.54. The quantitative estimate of drug-likeness (QED) is 0.816. The number of likely N-dealkylation sites (tertiary alicyclic amines) is 1. The molecule has 0 unspecified atom stereocenters. The van der Waals surface area contributed by atoms with Crippen molar-refractivity contribution in [2.24, 2.45) is 0 Å². The summed E-state index contributed by atoms with van der Waals surface area (Å²) in [5.74, 6) is -0.154. The number of ether oxygens (including phenoxy) is 2. The molecule has 26 heavy (non-hydrogen) atoms. The van der Waals surface area contributed by atoms with Crippen molar-refractivity contribution in [1.29, 1.82) is 0 Å². The molecule has 0 saturated carbocycles. The van der Waals surface area contributed by atoms with Gasteiger partial charge in [-0.1, -0.05) is 6.07 Å². The molecule has 2 fully saturated rings. The molecule has 2 amide bonds. The number of hydrogen-bond donors (Lipinski definition) is 1. The van der Waals surface area contributed by atoms with Crippen molar-refractivity contribution < 1.29 is 23.5 Å². The molecule has 0 radical (unpaired) electrons. The summed E-state index contributed by atoms with van der Waals surface area (Å²) in [6.07, 6.45) is 0.149. The van der Waals surface area contributed by atoms with E-state index in [4.69, 9.17) is 9.47 Å². The Morgan fingerprint density at radius 1 is 1.38 bits per heavy atom. The van der Waals surface area contributed by atoms with Gasteiger partial charge in [0.25, 0.3) is 0 Å². The summed E-state index contributed by atoms with van der Waals surface area (Å²) in [4.78, 5) is 28.0. The van der Waals surface area contributed by atoms with Gasteiger partial charge in [-0.15, -0.1) is 0 Å². The van der Waals surface area contributed by atoms with Gasteiger partial charge in [-0.05, 0) is 13.1 Å². The SMILES string of the molecule is CNC(=O)[C@H]1COC2(CN(C(=O)Cc3ccc(F)cc3OC)C2)CN1C. The van der Waals surface area contributed by atoms with Crippen LogP contribution < -0.4 is 10.1 Å². The molecule has 1 aromatic rings. The molecule has 1 spiro atoms. The summed E-state index contributed by atoms with van der Waals surface area (Å²) in [5.41, 5.74) is 0.239. The van der Waals surface area contributed by atoms with Gasteiger partial charge in [0.2, 0.25) is 11.8 Å². The second kappa shape index (κ2) is 7.20. The average molecular weight is 365 g/mol. The zero-order valence-corrected chi connectivity index (χ0v) is 15.3. The third-order valence-electron chi connectivity index (χ3n) is 5.07. The van der Waals surface area contributed by atoms with E-state index in [0.717, 1.165) is 0 Å². The van der Waals surface area contributed by atoms with E-state index >= 15 is 0 Å². The normalized spacial score (nSPS) is 22.0. The molecule has 2 saturated heterocycles. The highest BCUT2D eigenvalue weighted by Crippen LogP contribution is 2.31. The summed E-state index contributed by atoms with van der Waals surface area (Å²) in [6, 6.07) is 3.86. The standard InChI is InChI=1S/C18H24FN3O4/c1-20-17(24)14-8-26-18(9-21(14)2)10-22(11-18)16(23)6-12-4-5-13(19)7-15(12)25-3/h4-5,7,14H,6,8-11H2,1-3H3,(H,20,24)/t14-/m1/s1. The van der Waals surface area contributed by atoms with Gasteiger partial charge in [-0.3, -0.25) is 14.5 Å². The maximum absolute atomic E-state index is 13.3. The van der Waals surface area contributed by atoms with Crippen molar-refractivity contribution >= 4 is 11.8 Å². The van der Waals surface area contributed by atoms with E-state index in [1.807, 2.05) is 11.9 Å². The van der Waals surface area contributed by atoms with Gasteiger partial charge in [0.05, 0.1) is 33.2 Å². The van der Waals surface area contributed by atoms with Gasteiger partial charge in [-0.25, -0.2) is 4.39 Å². The number of hydrogen-bond acceptors (Lipinski definition) is 5. The molecule has 0 aliphatic carbocycles. The average Bonchev–Trinajstić information content (AvgIpc) is 2.60. The zero-order chi connectivity index (χ0) is 18.9. The molecule has 142 valence electrons. The third kappa shape index (κ3) is 3.52. The number of carbonyl (C=O) groups is 2. The number of morpholine rings is 1. The van der Waals surface area contributed by atoms with Gasteiger partial charge in [0, 0.05) is 25.2 Å². The van der Waals surface area contributed by atoms with Crippen molar-refractivity contribution in [1.82, 2.24) is 15.1 Å². The minimum atomic E-state index is -0.415. The van der Waals surface area contributed by atoms with Crippen LogP contribution in [0.15, 0.2) is 18.2 Å². The Morgan fingerprint density at radius 2 is 2.12 bits per heavy atom. The molecule has 3 rings (SSSR count). The monoisotopic (exact) mass is 365 g/mol. The first-order chi connectivity index (χ1) is 12.4. The molecule has 2 aliphatic heterocycles. The molecule has 1 N–H and O–H groups in total. The van der Waals surface area contributed by atoms with Crippen LogP contribution in [0, 0.1) is 5.82 Å². The second-order valence-corrected chi connectivity index (χ2v) is 6.92. The van der Waals surface area contributed by atoms with Gasteiger partial charge < -0.3 is 19.7 Å². The highest BCUT2D eigenvalue weighted by molar-refractivity contribution is 5.82. The van der Waals surface area contributed by atoms with E-state index in [-0.39, 0.29) is 24.3 Å². The summed E-state index contributed by atoms with van der Waals surface area (Å²) in [7, 11) is 4.95. The number of likely N-dealkylation sites (N-methyl/N-ethyl adjacent to an activating group) is 2. The fraction of sp³-hybridized carbons (Fsp3) is 0.556. The molecular weight excluding hydrogens is 341 g/mol. The van der Waals surface area contributed by atoms with Crippen molar-refractivity contribution in [3.63, 3.8) is 0 Å². The van der Waals surface area contributed by atoms with Gasteiger partial charge in [0.1, 0.15) is 23.2 Å². The Morgan fingerprint density at radius 3 is 2.73 bits per heavy atom. The molecule has 2 aliphatic rings. The fourth-order valence-corrected chi connectivity index (χ4v) is 3.59. The lowest BCUT2D eigenvalue weighted by molar-refractivity contribution is -0.200. The summed E-state index contributed by atoms with van der Waals surface area (Å²) >= 11 is 0. The Hall–Kier alpha value is -2.19. The van der Waals surface area contributed by atoms with Crippen LogP contribution in [-0.2, 0) is 20.7 Å². The van der Waals surface area contributed by atoms with Crippen LogP contribution in [0.2, 0.25) is 0 Å². The van der Waals surface area contributed by atoms with Gasteiger partial charge in [0.15, 0.2) is 0 Å². The first kappa shape index (κ1) is 18.6. The minimum absolute atomic E-state index is 0.0554. The van der Waals surface area contributed by atoms with E-state index in [2.05, 4.69) is 5.32 Å². The highest BCUT2D eigenvalue weighted by Gasteiger charge is 2.51. The Balaban J connectivity index is 1.57. The number of amides is 2. The number of methoxy groups -OCH3 is 1. The molecule has 7 nitrogen and oxygen atoms in total. The van der Waals surface area contributed by atoms with E-state index in [1.165, 1.54) is 19.2 Å². The van der Waals surface area contributed by atoms with Crippen molar-refractivity contribution in [3.05, 3.63) is 29.6 Å². The molecule has 0 aromatic heterocycles. The lowest BCUT2D eigenvalue weighted by Crippen LogP contribution is -2.73. The number of rotatable bonds is 4. The van der Waals surface area contributed by atoms with Gasteiger partial charge in [-0.2, -0.15) is 0 Å². The summed E-state index contributed by atoms with van der Waals surface area (Å²) < 4.78 is 24.3. The predicted molar refractivity (Wildman–Crippen MR) is 92.4 cm³/mol. The van der Waals surface area contributed by atoms with Crippen molar-refractivity contribution in [2.75, 3.05) is 47.4 Å². The topological polar surface area (TPSA) is 71.1 Å². The van der Waals surface area contributed by atoms with Crippen LogP contribution in [0.3, 0.4) is 0 Å². The molecule has 1 aromatic carbocycles. The maximum atomic E-state index is 13.3. The number of carbonyl (C=O) groups excluding carboxylic acids is 2. The molecular formula is C18H24FN3O4. The highest BCUT2D eigenvalue weighted by atomic mass is 19.1. The molecule has 1 atom stereocenters. The summed E-state index contributed by atoms with van der Waals surface area (Å²) in [6.45, 7) is 1.87. The van der Waals surface area contributed by atoms with Crippen LogP contribution in [0.5, 0.6) is 5.75 Å². The van der Waals surface area contributed by atoms with Crippen molar-refractivity contribution in [3.8, 4) is 5.75 Å². The van der Waals surface area contributed by atoms with Crippen LogP contribution in [-0.4, -0.2) is 80.7 Å². The first-order valence-corrected chi connectivity index (χ1v) is 8.53. The first-order valence-electron chi connectivity index (χ1n) is 8.53. The Kier molecular flexibility index (Phi) is 5.15. The Bertz CT molecular complexity index is 706. The zero-order valence-electron chi connectivity index (χ0n) is 15.3. The van der Waals surface area contributed by atoms with Gasteiger partial charge >= 0.3 is 0 Å². The van der Waals surface area contributed by atoms with E-state index < -0.39 is 11.4 Å². The fourth-order valence-electron chi connectivity index (χ4n) is 3.59. The van der Waals surface area contributed by atoms with E-state index in [1.54, 1.807) is 18.0 Å². The van der Waals surface area contributed by atoms with Crippen LogP contribution in [0.1, 0.15) is 5.56 Å². The van der Waals surface area contributed by atoms with Crippen molar-refractivity contribution in [2.45, 2.75) is 18.1 Å². The minimum Gasteiger partial charge on any atom is -0.496 e. The molecule has 8 heteroatoms. The van der Waals surface area contributed by atoms with Crippen LogP contribution >= 0.6 is 0 Å². The summed E-state index contributed by atoms with van der Waals surface area (Å²) in [5, 5.41) is 2.63. The number of benzene rings is 1. The van der Waals surface area contributed by atoms with Crippen LogP contribution in [0.4, 0.5) is 4.39 Å². The second-order valence-electron chi connectivity index (χ2n) is 6.92. The van der Waals surface area contributed by atoms with E-state index in [9.17, 15) is 14.0 Å². The number of nitrogens with one attached hydrogen (secondary N) is 1. The molecule has 0 bridgehead atoms. The predicted octanol–water partition coefficient (Wildman–Crippen LogP) is 0.0344. The smallest absolute Gasteiger partial charge is 0.239 e. The molecule has 2 heterocycles. The largest absolute Gasteiger partial charge is 0.496 e. The number of nitrogens with zero attached hydrogens (tertiary/aromatic N) is 2.